The van der Waals surface area contributed by atoms with Gasteiger partial charge in [-0.25, -0.2) is 8.42 Å². The van der Waals surface area contributed by atoms with E-state index in [-0.39, 0.29) is 12.5 Å². The number of carbonyl (C=O) groups is 2. The molecule has 0 aliphatic carbocycles. The van der Waals surface area contributed by atoms with Crippen LogP contribution in [0.2, 0.25) is 0 Å². The van der Waals surface area contributed by atoms with Crippen molar-refractivity contribution in [3.63, 3.8) is 0 Å². The minimum Gasteiger partial charge on any atom is -0.354 e. The van der Waals surface area contributed by atoms with Gasteiger partial charge >= 0.3 is 0 Å². The van der Waals surface area contributed by atoms with Crippen LogP contribution < -0.4 is 9.62 Å². The number of carbonyl (C=O) groups excluding carboxylic acids is 2. The van der Waals surface area contributed by atoms with Crippen molar-refractivity contribution in [1.29, 1.82) is 0 Å². The lowest BCUT2D eigenvalue weighted by molar-refractivity contribution is -0.140. The second-order valence-electron chi connectivity index (χ2n) is 9.20. The number of hydrogen-bond donors (Lipinski definition) is 1. The number of benzene rings is 3. The number of rotatable bonds is 12. The molecule has 0 spiro atoms. The molecule has 3 aromatic rings. The first-order valence-electron chi connectivity index (χ1n) is 12.5. The summed E-state index contributed by atoms with van der Waals surface area (Å²) in [5.41, 5.74) is 2.87. The van der Waals surface area contributed by atoms with Gasteiger partial charge < -0.3 is 10.2 Å². The van der Waals surface area contributed by atoms with Crippen LogP contribution in [0.3, 0.4) is 0 Å². The van der Waals surface area contributed by atoms with Gasteiger partial charge in [-0.3, -0.25) is 13.9 Å². The number of nitrogens with zero attached hydrogens (tertiary/aromatic N) is 2. The van der Waals surface area contributed by atoms with E-state index in [4.69, 9.17) is 0 Å². The van der Waals surface area contributed by atoms with E-state index in [1.165, 1.54) is 4.90 Å². The van der Waals surface area contributed by atoms with E-state index in [0.717, 1.165) is 38.1 Å². The van der Waals surface area contributed by atoms with Crippen molar-refractivity contribution < 1.29 is 18.0 Å². The molecular weight excluding hydrogens is 566 g/mol. The molecule has 38 heavy (non-hydrogen) atoms. The lowest BCUT2D eigenvalue weighted by Crippen LogP contribution is -2.53. The first kappa shape index (κ1) is 29.4. The van der Waals surface area contributed by atoms with Gasteiger partial charge in [0.2, 0.25) is 21.8 Å². The Morgan fingerprint density at radius 2 is 1.61 bits per heavy atom. The predicted molar refractivity (Wildman–Crippen MR) is 155 cm³/mol. The van der Waals surface area contributed by atoms with Crippen molar-refractivity contribution in [1.82, 2.24) is 10.2 Å². The monoisotopic (exact) mass is 599 g/mol. The molecular formula is C29H34BrN3O4S. The van der Waals surface area contributed by atoms with E-state index in [9.17, 15) is 18.0 Å². The standard InChI is InChI=1S/C29H34BrN3O4S/c1-4-17-31-29(35)27(19-23-12-6-5-7-13-23)32(20-24-14-10-15-25(30)18-24)28(34)21-33(38(3,36)37)26-16-9-8-11-22(26)2/h5-16,18,27H,4,17,19-21H2,1-3H3,(H,31,35)/t27-/m1/s1. The minimum absolute atomic E-state index is 0.140. The largest absolute Gasteiger partial charge is 0.354 e. The molecule has 0 heterocycles. The van der Waals surface area contributed by atoms with Gasteiger partial charge in [0.25, 0.3) is 0 Å². The van der Waals surface area contributed by atoms with Crippen molar-refractivity contribution in [2.75, 3.05) is 23.7 Å². The highest BCUT2D eigenvalue weighted by Gasteiger charge is 2.33. The van der Waals surface area contributed by atoms with E-state index >= 15 is 0 Å². The summed E-state index contributed by atoms with van der Waals surface area (Å²) < 4.78 is 27.7. The zero-order valence-corrected chi connectivity index (χ0v) is 24.3. The highest BCUT2D eigenvalue weighted by atomic mass is 79.9. The lowest BCUT2D eigenvalue weighted by Gasteiger charge is -2.33. The summed E-state index contributed by atoms with van der Waals surface area (Å²) in [4.78, 5) is 29.0. The van der Waals surface area contributed by atoms with Crippen LogP contribution >= 0.6 is 15.9 Å². The van der Waals surface area contributed by atoms with Crippen LogP contribution in [0.15, 0.2) is 83.3 Å². The van der Waals surface area contributed by atoms with Gasteiger partial charge in [-0.05, 0) is 48.2 Å². The highest BCUT2D eigenvalue weighted by Crippen LogP contribution is 2.24. The van der Waals surface area contributed by atoms with Gasteiger partial charge in [0.15, 0.2) is 0 Å². The molecule has 202 valence electrons. The molecule has 0 unspecified atom stereocenters. The van der Waals surface area contributed by atoms with Gasteiger partial charge in [0.1, 0.15) is 12.6 Å². The molecule has 0 saturated carbocycles. The van der Waals surface area contributed by atoms with Crippen molar-refractivity contribution in [3.05, 3.63) is 100 Å². The molecule has 0 aliphatic rings. The van der Waals surface area contributed by atoms with Gasteiger partial charge in [-0.2, -0.15) is 0 Å². The third-order valence-electron chi connectivity index (χ3n) is 6.13. The first-order chi connectivity index (χ1) is 18.1. The fourth-order valence-electron chi connectivity index (χ4n) is 4.19. The summed E-state index contributed by atoms with van der Waals surface area (Å²) in [6.45, 7) is 3.95. The SMILES string of the molecule is CCCNC(=O)[C@@H](Cc1ccccc1)N(Cc1cccc(Br)c1)C(=O)CN(c1ccccc1C)S(C)(=O)=O. The maximum Gasteiger partial charge on any atom is 0.244 e. The molecule has 9 heteroatoms. The molecule has 7 nitrogen and oxygen atoms in total. The van der Waals surface area contributed by atoms with Crippen LogP contribution in [0.4, 0.5) is 5.69 Å². The molecule has 1 atom stereocenters. The van der Waals surface area contributed by atoms with Gasteiger partial charge in [0.05, 0.1) is 11.9 Å². The third kappa shape index (κ3) is 8.16. The number of nitrogens with one attached hydrogen (secondary N) is 1. The van der Waals surface area contributed by atoms with E-state index < -0.39 is 28.5 Å². The summed E-state index contributed by atoms with van der Waals surface area (Å²) in [6, 6.07) is 23.2. The Labute approximate surface area is 234 Å². The Balaban J connectivity index is 2.05. The molecule has 0 radical (unpaired) electrons. The molecule has 3 aromatic carbocycles. The second-order valence-corrected chi connectivity index (χ2v) is 12.0. The number of para-hydroxylation sites is 1. The van der Waals surface area contributed by atoms with E-state index in [1.807, 2.05) is 67.6 Å². The predicted octanol–water partition coefficient (Wildman–Crippen LogP) is 4.69. The van der Waals surface area contributed by atoms with Crippen LogP contribution in [0, 0.1) is 6.92 Å². The molecule has 0 aromatic heterocycles. The zero-order valence-electron chi connectivity index (χ0n) is 21.9. The van der Waals surface area contributed by atoms with Gasteiger partial charge in [-0.15, -0.1) is 0 Å². The van der Waals surface area contributed by atoms with Crippen LogP contribution in [-0.2, 0) is 32.6 Å². The van der Waals surface area contributed by atoms with Gasteiger partial charge in [0, 0.05) is 24.0 Å². The zero-order chi connectivity index (χ0) is 27.7. The molecule has 3 rings (SSSR count). The van der Waals surface area contributed by atoms with E-state index in [2.05, 4.69) is 21.2 Å². The molecule has 2 amide bonds. The molecule has 0 fully saturated rings. The average Bonchev–Trinajstić information content (AvgIpc) is 2.88. The second kappa shape index (κ2) is 13.6. The molecule has 1 N–H and O–H groups in total. The first-order valence-corrected chi connectivity index (χ1v) is 15.1. The van der Waals surface area contributed by atoms with Crippen LogP contribution in [-0.4, -0.2) is 50.5 Å². The van der Waals surface area contributed by atoms with E-state index in [0.29, 0.717) is 18.7 Å². The maximum absolute atomic E-state index is 14.0. The number of aryl methyl sites for hydroxylation is 1. The fourth-order valence-corrected chi connectivity index (χ4v) is 5.54. The molecule has 0 saturated heterocycles. The summed E-state index contributed by atoms with van der Waals surface area (Å²) in [6.07, 6.45) is 2.12. The Morgan fingerprint density at radius 3 is 2.24 bits per heavy atom. The Bertz CT molecular complexity index is 1350. The number of hydrogen-bond acceptors (Lipinski definition) is 4. The van der Waals surface area contributed by atoms with Crippen LogP contribution in [0.1, 0.15) is 30.0 Å². The molecule has 0 bridgehead atoms. The quantitative estimate of drug-likeness (QED) is 0.327. The van der Waals surface area contributed by atoms with Crippen molar-refractivity contribution in [2.24, 2.45) is 0 Å². The third-order valence-corrected chi connectivity index (χ3v) is 7.75. The lowest BCUT2D eigenvalue weighted by atomic mass is 10.0. The van der Waals surface area contributed by atoms with Crippen molar-refractivity contribution in [3.8, 4) is 0 Å². The van der Waals surface area contributed by atoms with Crippen LogP contribution in [0.5, 0.6) is 0 Å². The Morgan fingerprint density at radius 1 is 0.947 bits per heavy atom. The minimum atomic E-state index is -3.79. The number of sulfonamides is 1. The number of amides is 2. The average molecular weight is 601 g/mol. The van der Waals surface area contributed by atoms with Crippen molar-refractivity contribution >= 4 is 43.5 Å². The summed E-state index contributed by atoms with van der Waals surface area (Å²) >= 11 is 3.48. The number of halogens is 1. The van der Waals surface area contributed by atoms with E-state index in [1.54, 1.807) is 25.1 Å². The smallest absolute Gasteiger partial charge is 0.244 e. The Kier molecular flexibility index (Phi) is 10.5. The van der Waals surface area contributed by atoms with Gasteiger partial charge in [-0.1, -0.05) is 83.5 Å². The summed E-state index contributed by atoms with van der Waals surface area (Å²) in [5.74, 6) is -0.743. The van der Waals surface area contributed by atoms with Crippen molar-refractivity contribution in [2.45, 2.75) is 39.3 Å². The summed E-state index contributed by atoms with van der Waals surface area (Å²) in [5, 5.41) is 2.94. The Hall–Kier alpha value is -3.17. The fraction of sp³-hybridized carbons (Fsp3) is 0.310. The number of anilines is 1. The normalized spacial score (nSPS) is 12.0. The molecule has 0 aliphatic heterocycles. The topological polar surface area (TPSA) is 86.8 Å². The van der Waals surface area contributed by atoms with Crippen LogP contribution in [0.25, 0.3) is 0 Å². The highest BCUT2D eigenvalue weighted by molar-refractivity contribution is 9.10. The maximum atomic E-state index is 14.0. The summed E-state index contributed by atoms with van der Waals surface area (Å²) in [7, 11) is -3.79.